The zero-order chi connectivity index (χ0) is 20.1. The second-order valence-corrected chi connectivity index (χ2v) is 9.28. The first-order chi connectivity index (χ1) is 13.5. The highest BCUT2D eigenvalue weighted by Gasteiger charge is 2.20. The summed E-state index contributed by atoms with van der Waals surface area (Å²) >= 11 is 9.36. The quantitative estimate of drug-likeness (QED) is 0.449. The Morgan fingerprint density at radius 1 is 1.14 bits per heavy atom. The molecule has 0 saturated heterocycles. The summed E-state index contributed by atoms with van der Waals surface area (Å²) in [5.41, 5.74) is 1.84. The maximum Gasteiger partial charge on any atom is 0.239 e. The van der Waals surface area contributed by atoms with Crippen molar-refractivity contribution < 1.29 is 4.79 Å². The molecular formula is C21H24ClN3OS2. The Balaban J connectivity index is 1.81. The van der Waals surface area contributed by atoms with Gasteiger partial charge in [0.1, 0.15) is 0 Å². The number of hydrogen-bond acceptors (Lipinski definition) is 5. The van der Waals surface area contributed by atoms with Crippen LogP contribution in [0.3, 0.4) is 0 Å². The van der Waals surface area contributed by atoms with Crippen molar-refractivity contribution in [2.24, 2.45) is 0 Å². The average molecular weight is 434 g/mol. The molecule has 0 saturated carbocycles. The Hall–Kier alpha value is -1.60. The smallest absolute Gasteiger partial charge is 0.239 e. The number of aryl methyl sites for hydroxylation is 1. The summed E-state index contributed by atoms with van der Waals surface area (Å²) in [6, 6.07) is 13.9. The second-order valence-electron chi connectivity index (χ2n) is 6.82. The number of aromatic nitrogens is 1. The number of thioether (sulfide) groups is 1. The van der Waals surface area contributed by atoms with Crippen LogP contribution in [-0.4, -0.2) is 48.7 Å². The largest absolute Gasteiger partial charge is 0.309 e. The summed E-state index contributed by atoms with van der Waals surface area (Å²) in [4.78, 5) is 22.9. The van der Waals surface area contributed by atoms with Crippen molar-refractivity contribution in [2.45, 2.75) is 18.2 Å². The minimum Gasteiger partial charge on any atom is -0.309 e. The summed E-state index contributed by atoms with van der Waals surface area (Å²) < 4.78 is 1.05. The van der Waals surface area contributed by atoms with Crippen molar-refractivity contribution in [1.29, 1.82) is 0 Å². The number of anilines is 1. The van der Waals surface area contributed by atoms with Gasteiger partial charge in [0.25, 0.3) is 0 Å². The highest BCUT2D eigenvalue weighted by molar-refractivity contribution is 8.00. The van der Waals surface area contributed by atoms with Gasteiger partial charge < -0.3 is 4.90 Å². The van der Waals surface area contributed by atoms with E-state index in [0.29, 0.717) is 17.3 Å². The Labute approximate surface area is 179 Å². The van der Waals surface area contributed by atoms with Crippen LogP contribution >= 0.6 is 34.7 Å². The van der Waals surface area contributed by atoms with Gasteiger partial charge in [-0.25, -0.2) is 4.98 Å². The highest BCUT2D eigenvalue weighted by Crippen LogP contribution is 2.34. The first kappa shape index (κ1) is 21.1. The molecule has 0 aliphatic heterocycles. The Morgan fingerprint density at radius 3 is 2.61 bits per heavy atom. The number of carbonyl (C=O) groups excluding carboxylic acids is 1. The van der Waals surface area contributed by atoms with E-state index in [1.807, 2.05) is 68.4 Å². The summed E-state index contributed by atoms with van der Waals surface area (Å²) in [5, 5.41) is 1.45. The van der Waals surface area contributed by atoms with Crippen LogP contribution in [0.2, 0.25) is 5.02 Å². The van der Waals surface area contributed by atoms with E-state index in [9.17, 15) is 4.79 Å². The molecule has 0 unspecified atom stereocenters. The molecule has 0 fully saturated rings. The number of fused-ring (bicyclic) bond motifs is 1. The van der Waals surface area contributed by atoms with Crippen LogP contribution in [0, 0.1) is 6.92 Å². The molecule has 1 aromatic heterocycles. The van der Waals surface area contributed by atoms with Crippen LogP contribution < -0.4 is 4.90 Å². The van der Waals surface area contributed by atoms with E-state index in [2.05, 4.69) is 4.90 Å². The van der Waals surface area contributed by atoms with Crippen molar-refractivity contribution >= 4 is 56.0 Å². The molecular weight excluding hydrogens is 410 g/mol. The topological polar surface area (TPSA) is 36.4 Å². The molecule has 0 spiro atoms. The first-order valence-electron chi connectivity index (χ1n) is 9.14. The van der Waals surface area contributed by atoms with E-state index in [4.69, 9.17) is 16.6 Å². The SMILES string of the molecule is Cc1c(Cl)ccc2sc(N(CCCN(C)C)C(=O)CSc3ccccc3)nc12. The third-order valence-corrected chi connectivity index (χ3v) is 6.81. The van der Waals surface area contributed by atoms with Crippen molar-refractivity contribution in [1.82, 2.24) is 9.88 Å². The minimum atomic E-state index is 0.0791. The zero-order valence-electron chi connectivity index (χ0n) is 16.3. The second kappa shape index (κ2) is 9.74. The van der Waals surface area contributed by atoms with Gasteiger partial charge in [0.05, 0.1) is 16.0 Å². The lowest BCUT2D eigenvalue weighted by molar-refractivity contribution is -0.116. The van der Waals surface area contributed by atoms with Crippen LogP contribution in [0.1, 0.15) is 12.0 Å². The molecule has 0 aliphatic carbocycles. The van der Waals surface area contributed by atoms with E-state index >= 15 is 0 Å². The number of carbonyl (C=O) groups is 1. The number of rotatable bonds is 8. The van der Waals surface area contributed by atoms with Crippen molar-refractivity contribution in [2.75, 3.05) is 37.8 Å². The Bertz CT molecular complexity index is 943. The molecule has 7 heteroatoms. The summed E-state index contributed by atoms with van der Waals surface area (Å²) in [5.74, 6) is 0.470. The fourth-order valence-corrected chi connectivity index (χ4v) is 4.83. The van der Waals surface area contributed by atoms with E-state index in [-0.39, 0.29) is 5.91 Å². The van der Waals surface area contributed by atoms with Gasteiger partial charge in [-0.15, -0.1) is 11.8 Å². The molecule has 28 heavy (non-hydrogen) atoms. The van der Waals surface area contributed by atoms with Gasteiger partial charge in [0.2, 0.25) is 5.91 Å². The van der Waals surface area contributed by atoms with Crippen LogP contribution in [0.25, 0.3) is 10.2 Å². The summed E-state index contributed by atoms with van der Waals surface area (Å²) in [7, 11) is 4.08. The normalized spacial score (nSPS) is 11.3. The third-order valence-electron chi connectivity index (χ3n) is 4.36. The van der Waals surface area contributed by atoms with Gasteiger partial charge >= 0.3 is 0 Å². The van der Waals surface area contributed by atoms with E-state index in [1.165, 1.54) is 0 Å². The minimum absolute atomic E-state index is 0.0791. The maximum atomic E-state index is 13.1. The molecule has 4 nitrogen and oxygen atoms in total. The number of hydrogen-bond donors (Lipinski definition) is 0. The number of thiazole rings is 1. The van der Waals surface area contributed by atoms with E-state index < -0.39 is 0 Å². The molecule has 0 N–H and O–H groups in total. The molecule has 2 aromatic carbocycles. The predicted molar refractivity (Wildman–Crippen MR) is 122 cm³/mol. The Morgan fingerprint density at radius 2 is 1.89 bits per heavy atom. The van der Waals surface area contributed by atoms with Crippen LogP contribution in [0.15, 0.2) is 47.4 Å². The lowest BCUT2D eigenvalue weighted by Gasteiger charge is -2.21. The number of halogens is 1. The predicted octanol–water partition coefficient (Wildman–Crippen LogP) is 5.34. The maximum absolute atomic E-state index is 13.1. The van der Waals surface area contributed by atoms with Crippen molar-refractivity contribution in [3.05, 3.63) is 53.1 Å². The molecule has 3 rings (SSSR count). The Kier molecular flexibility index (Phi) is 7.35. The molecule has 0 bridgehead atoms. The van der Waals surface area contributed by atoms with E-state index in [0.717, 1.165) is 38.8 Å². The number of benzene rings is 2. The molecule has 0 atom stereocenters. The first-order valence-corrected chi connectivity index (χ1v) is 11.3. The molecule has 1 amide bonds. The van der Waals surface area contributed by atoms with Crippen LogP contribution in [0.5, 0.6) is 0 Å². The molecule has 3 aromatic rings. The lowest BCUT2D eigenvalue weighted by Crippen LogP contribution is -2.34. The van der Waals surface area contributed by atoms with Gasteiger partial charge in [-0.05, 0) is 63.8 Å². The third kappa shape index (κ3) is 5.26. The fraction of sp³-hybridized carbons (Fsp3) is 0.333. The van der Waals surface area contributed by atoms with Crippen molar-refractivity contribution in [3.63, 3.8) is 0 Å². The molecule has 0 aliphatic rings. The van der Waals surface area contributed by atoms with Crippen molar-refractivity contribution in [3.8, 4) is 0 Å². The molecule has 148 valence electrons. The van der Waals surface area contributed by atoms with Gasteiger partial charge in [-0.1, -0.05) is 41.1 Å². The zero-order valence-corrected chi connectivity index (χ0v) is 18.7. The van der Waals surface area contributed by atoms with Gasteiger partial charge in [0, 0.05) is 16.5 Å². The number of nitrogens with zero attached hydrogens (tertiary/aromatic N) is 3. The molecule has 1 heterocycles. The van der Waals surface area contributed by atoms with Gasteiger partial charge in [-0.3, -0.25) is 9.69 Å². The highest BCUT2D eigenvalue weighted by atomic mass is 35.5. The monoisotopic (exact) mass is 433 g/mol. The van der Waals surface area contributed by atoms with Crippen LogP contribution in [0.4, 0.5) is 5.13 Å². The van der Waals surface area contributed by atoms with Crippen LogP contribution in [-0.2, 0) is 4.79 Å². The standard InChI is InChI=1S/C21H24ClN3OS2/c1-15-17(22)10-11-18-20(15)23-21(28-18)25(13-7-12-24(2)3)19(26)14-27-16-8-5-4-6-9-16/h4-6,8-11H,7,12-14H2,1-3H3. The average Bonchev–Trinajstić information content (AvgIpc) is 3.11. The molecule has 0 radical (unpaired) electrons. The van der Waals surface area contributed by atoms with Gasteiger partial charge in [0.15, 0.2) is 5.13 Å². The lowest BCUT2D eigenvalue weighted by atomic mass is 10.2. The summed E-state index contributed by atoms with van der Waals surface area (Å²) in [6.07, 6.45) is 0.893. The summed E-state index contributed by atoms with van der Waals surface area (Å²) in [6.45, 7) is 3.54. The fourth-order valence-electron chi connectivity index (χ4n) is 2.82. The van der Waals surface area contributed by atoms with E-state index in [1.54, 1.807) is 23.1 Å². The van der Waals surface area contributed by atoms with Gasteiger partial charge in [-0.2, -0.15) is 0 Å². The number of amides is 1.